The lowest BCUT2D eigenvalue weighted by Crippen LogP contribution is -2.29. The number of nitrogens with two attached hydrogens (primary N) is 1. The molecule has 18 heavy (non-hydrogen) atoms. The van der Waals surface area contributed by atoms with E-state index in [0.29, 0.717) is 19.0 Å². The zero-order valence-electron chi connectivity index (χ0n) is 10.1. The molecule has 0 amide bonds. The van der Waals surface area contributed by atoms with Crippen molar-refractivity contribution >= 4 is 21.8 Å². The van der Waals surface area contributed by atoms with E-state index in [1.165, 1.54) is 18.9 Å². The molecule has 5 heteroatoms. The highest BCUT2D eigenvalue weighted by atomic mass is 79.9. The van der Waals surface area contributed by atoms with Gasteiger partial charge in [0.1, 0.15) is 5.82 Å². The summed E-state index contributed by atoms with van der Waals surface area (Å²) in [7, 11) is 0. The van der Waals surface area contributed by atoms with Crippen LogP contribution in [0.5, 0.6) is 0 Å². The molecule has 3 N–H and O–H groups in total. The van der Waals surface area contributed by atoms with E-state index in [9.17, 15) is 4.39 Å². The summed E-state index contributed by atoms with van der Waals surface area (Å²) in [6, 6.07) is 5.53. The first kappa shape index (κ1) is 13.5. The predicted molar refractivity (Wildman–Crippen MR) is 74.1 cm³/mol. The molecule has 3 nitrogen and oxygen atoms in total. The van der Waals surface area contributed by atoms with Gasteiger partial charge in [0.2, 0.25) is 0 Å². The minimum Gasteiger partial charge on any atom is -0.388 e. The second-order valence-corrected chi connectivity index (χ2v) is 5.67. The van der Waals surface area contributed by atoms with Gasteiger partial charge in [-0.3, -0.25) is 10.3 Å². The van der Waals surface area contributed by atoms with Crippen molar-refractivity contribution in [2.75, 3.05) is 6.54 Å². The number of rotatable bonds is 6. The Kier molecular flexibility index (Phi) is 4.35. The Labute approximate surface area is 115 Å². The van der Waals surface area contributed by atoms with Gasteiger partial charge in [-0.05, 0) is 36.6 Å². The zero-order chi connectivity index (χ0) is 13.1. The van der Waals surface area contributed by atoms with Crippen LogP contribution in [0.3, 0.4) is 0 Å². The van der Waals surface area contributed by atoms with Gasteiger partial charge in [-0.25, -0.2) is 4.39 Å². The van der Waals surface area contributed by atoms with Crippen LogP contribution in [0.25, 0.3) is 0 Å². The Hall–Kier alpha value is -0.940. The van der Waals surface area contributed by atoms with Crippen LogP contribution in [0.1, 0.15) is 24.8 Å². The SMILES string of the molecule is N=C(N)CCN(Cc1cc(F)cc(Br)c1)C1CC1. The van der Waals surface area contributed by atoms with E-state index in [0.717, 1.165) is 16.6 Å². The molecule has 0 aliphatic heterocycles. The topological polar surface area (TPSA) is 53.1 Å². The third-order valence-corrected chi connectivity index (χ3v) is 3.50. The molecule has 0 bridgehead atoms. The molecule has 1 saturated carbocycles. The molecule has 0 radical (unpaired) electrons. The molecule has 0 aromatic heterocycles. The van der Waals surface area contributed by atoms with Crippen molar-refractivity contribution in [3.63, 3.8) is 0 Å². The summed E-state index contributed by atoms with van der Waals surface area (Å²) in [5.41, 5.74) is 6.35. The van der Waals surface area contributed by atoms with E-state index in [1.807, 2.05) is 6.07 Å². The van der Waals surface area contributed by atoms with Crippen LogP contribution < -0.4 is 5.73 Å². The molecule has 0 heterocycles. The fourth-order valence-electron chi connectivity index (χ4n) is 2.03. The normalized spacial score (nSPS) is 15.1. The molecule has 1 fully saturated rings. The van der Waals surface area contributed by atoms with E-state index in [-0.39, 0.29) is 11.7 Å². The molecule has 1 aromatic carbocycles. The Morgan fingerprint density at radius 2 is 2.17 bits per heavy atom. The standard InChI is InChI=1S/C13H17BrFN3/c14-10-5-9(6-11(15)7-10)8-18(12-1-2-12)4-3-13(16)17/h5-7,12H,1-4,8H2,(H3,16,17). The van der Waals surface area contributed by atoms with Gasteiger partial charge >= 0.3 is 0 Å². The highest BCUT2D eigenvalue weighted by Gasteiger charge is 2.28. The third-order valence-electron chi connectivity index (χ3n) is 3.04. The molecule has 1 aliphatic rings. The second-order valence-electron chi connectivity index (χ2n) is 4.75. The van der Waals surface area contributed by atoms with Crippen LogP contribution in [0.2, 0.25) is 0 Å². The smallest absolute Gasteiger partial charge is 0.124 e. The lowest BCUT2D eigenvalue weighted by atomic mass is 10.2. The highest BCUT2D eigenvalue weighted by molar-refractivity contribution is 9.10. The molecule has 1 aliphatic carbocycles. The van der Waals surface area contributed by atoms with Crippen LogP contribution in [-0.2, 0) is 6.54 Å². The quantitative estimate of drug-likeness (QED) is 0.627. The number of hydrogen-bond acceptors (Lipinski definition) is 2. The first-order chi connectivity index (χ1) is 8.54. The third kappa shape index (κ3) is 4.07. The Morgan fingerprint density at radius 3 is 2.72 bits per heavy atom. The van der Waals surface area contributed by atoms with Crippen molar-refractivity contribution in [2.45, 2.75) is 31.8 Å². The van der Waals surface area contributed by atoms with Gasteiger partial charge in [0.05, 0.1) is 5.84 Å². The average molecular weight is 314 g/mol. The van der Waals surface area contributed by atoms with Crippen molar-refractivity contribution in [2.24, 2.45) is 5.73 Å². The molecule has 2 rings (SSSR count). The van der Waals surface area contributed by atoms with Gasteiger partial charge in [0.15, 0.2) is 0 Å². The molecule has 98 valence electrons. The van der Waals surface area contributed by atoms with Gasteiger partial charge in [0.25, 0.3) is 0 Å². The Morgan fingerprint density at radius 1 is 1.44 bits per heavy atom. The molecule has 1 aromatic rings. The maximum atomic E-state index is 13.3. The summed E-state index contributed by atoms with van der Waals surface area (Å²) in [5.74, 6) is -0.0113. The van der Waals surface area contributed by atoms with Crippen molar-refractivity contribution in [1.29, 1.82) is 5.41 Å². The van der Waals surface area contributed by atoms with Crippen LogP contribution in [0, 0.1) is 11.2 Å². The minimum atomic E-state index is -0.221. The summed E-state index contributed by atoms with van der Waals surface area (Å²) >= 11 is 3.31. The van der Waals surface area contributed by atoms with Crippen molar-refractivity contribution in [3.05, 3.63) is 34.1 Å². The average Bonchev–Trinajstić information content (AvgIpc) is 3.06. The first-order valence-corrected chi connectivity index (χ1v) is 6.86. The fraction of sp³-hybridized carbons (Fsp3) is 0.462. The van der Waals surface area contributed by atoms with Gasteiger partial charge < -0.3 is 5.73 Å². The summed E-state index contributed by atoms with van der Waals surface area (Å²) in [6.07, 6.45) is 2.95. The number of hydrogen-bond donors (Lipinski definition) is 2. The number of benzene rings is 1. The lowest BCUT2D eigenvalue weighted by molar-refractivity contribution is 0.262. The van der Waals surface area contributed by atoms with E-state index in [4.69, 9.17) is 11.1 Å². The fourth-order valence-corrected chi connectivity index (χ4v) is 2.54. The maximum Gasteiger partial charge on any atom is 0.124 e. The molecule has 0 saturated heterocycles. The summed E-state index contributed by atoms with van der Waals surface area (Å²) < 4.78 is 14.1. The van der Waals surface area contributed by atoms with Gasteiger partial charge in [-0.2, -0.15) is 0 Å². The monoisotopic (exact) mass is 313 g/mol. The van der Waals surface area contributed by atoms with Crippen LogP contribution in [0.4, 0.5) is 4.39 Å². The summed E-state index contributed by atoms with van der Waals surface area (Å²) in [4.78, 5) is 2.28. The van der Waals surface area contributed by atoms with Gasteiger partial charge in [-0.1, -0.05) is 15.9 Å². The minimum absolute atomic E-state index is 0.209. The lowest BCUT2D eigenvalue weighted by Gasteiger charge is -2.21. The largest absolute Gasteiger partial charge is 0.388 e. The molecular formula is C13H17BrFN3. The van der Waals surface area contributed by atoms with Crippen molar-refractivity contribution in [3.8, 4) is 0 Å². The van der Waals surface area contributed by atoms with E-state index in [1.54, 1.807) is 6.07 Å². The number of nitrogens with zero attached hydrogens (tertiary/aromatic N) is 1. The maximum absolute atomic E-state index is 13.3. The van der Waals surface area contributed by atoms with Crippen LogP contribution >= 0.6 is 15.9 Å². The number of halogens is 2. The summed E-state index contributed by atoms with van der Waals surface area (Å²) in [5, 5.41) is 7.28. The molecule has 0 spiro atoms. The van der Waals surface area contributed by atoms with E-state index >= 15 is 0 Å². The highest BCUT2D eigenvalue weighted by Crippen LogP contribution is 2.29. The van der Waals surface area contributed by atoms with E-state index < -0.39 is 0 Å². The van der Waals surface area contributed by atoms with Crippen molar-refractivity contribution in [1.82, 2.24) is 4.90 Å². The van der Waals surface area contributed by atoms with E-state index in [2.05, 4.69) is 20.8 Å². The number of amidine groups is 1. The Balaban J connectivity index is 2.01. The predicted octanol–water partition coefficient (Wildman–Crippen LogP) is 2.88. The second kappa shape index (κ2) is 5.80. The summed E-state index contributed by atoms with van der Waals surface area (Å²) in [6.45, 7) is 1.49. The van der Waals surface area contributed by atoms with Crippen LogP contribution in [0.15, 0.2) is 22.7 Å². The van der Waals surface area contributed by atoms with Gasteiger partial charge in [-0.15, -0.1) is 0 Å². The number of nitrogens with one attached hydrogen (secondary N) is 1. The molecule has 0 unspecified atom stereocenters. The van der Waals surface area contributed by atoms with Crippen LogP contribution in [-0.4, -0.2) is 23.3 Å². The molecular weight excluding hydrogens is 297 g/mol. The zero-order valence-corrected chi connectivity index (χ0v) is 11.7. The Bertz CT molecular complexity index is 426. The van der Waals surface area contributed by atoms with Gasteiger partial charge in [0, 0.05) is 30.0 Å². The molecule has 0 atom stereocenters. The first-order valence-electron chi connectivity index (χ1n) is 6.06. The van der Waals surface area contributed by atoms with Crippen molar-refractivity contribution < 1.29 is 4.39 Å².